The molecule has 0 radical (unpaired) electrons. The van der Waals surface area contributed by atoms with E-state index in [2.05, 4.69) is 34.9 Å². The predicted octanol–water partition coefficient (Wildman–Crippen LogP) is 4.35. The van der Waals surface area contributed by atoms with Crippen molar-refractivity contribution in [2.75, 3.05) is 0 Å². The van der Waals surface area contributed by atoms with Gasteiger partial charge in [-0.25, -0.2) is 0 Å². The van der Waals surface area contributed by atoms with E-state index >= 15 is 0 Å². The van der Waals surface area contributed by atoms with E-state index in [1.165, 1.54) is 12.5 Å². The summed E-state index contributed by atoms with van der Waals surface area (Å²) in [6.07, 6.45) is 0.792. The molecule has 4 nitrogen and oxygen atoms in total. The van der Waals surface area contributed by atoms with E-state index < -0.39 is 0 Å². The summed E-state index contributed by atoms with van der Waals surface area (Å²) in [5.41, 5.74) is 5.05. The Balaban J connectivity index is 1.59. The Morgan fingerprint density at radius 3 is 1.97 bits per heavy atom. The fraction of sp³-hybridized carbons (Fsp3) is 0.200. The quantitative estimate of drug-likeness (QED) is 0.634. The first-order valence-electron chi connectivity index (χ1n) is 9.80. The smallest absolute Gasteiger partial charge is 0.251 e. The van der Waals surface area contributed by atoms with E-state index in [1.54, 1.807) is 0 Å². The van der Waals surface area contributed by atoms with Crippen LogP contribution in [0.4, 0.5) is 0 Å². The Kier molecular flexibility index (Phi) is 6.80. The molecule has 1 atom stereocenters. The van der Waals surface area contributed by atoms with Crippen LogP contribution in [0.3, 0.4) is 0 Å². The second kappa shape index (κ2) is 9.69. The Hall–Kier alpha value is -3.40. The third kappa shape index (κ3) is 6.04. The normalized spacial score (nSPS) is 11.5. The SMILES string of the molecule is CC(=O)NC(C)Cc1ccc(-c2ccc(C(=O)NCc3ccccc3)cc2)cc1. The molecule has 0 fully saturated rings. The van der Waals surface area contributed by atoms with Crippen LogP contribution in [0.5, 0.6) is 0 Å². The van der Waals surface area contributed by atoms with Crippen LogP contribution in [0, 0.1) is 0 Å². The van der Waals surface area contributed by atoms with E-state index in [-0.39, 0.29) is 17.9 Å². The van der Waals surface area contributed by atoms with Crippen LogP contribution in [-0.2, 0) is 17.8 Å². The van der Waals surface area contributed by atoms with Crippen molar-refractivity contribution in [2.45, 2.75) is 32.9 Å². The van der Waals surface area contributed by atoms with Gasteiger partial charge in [-0.2, -0.15) is 0 Å². The van der Waals surface area contributed by atoms with Gasteiger partial charge in [0, 0.05) is 25.1 Å². The van der Waals surface area contributed by atoms with Crippen molar-refractivity contribution in [1.29, 1.82) is 0 Å². The monoisotopic (exact) mass is 386 g/mol. The Labute approximate surface area is 172 Å². The number of hydrogen-bond acceptors (Lipinski definition) is 2. The molecule has 0 heterocycles. The van der Waals surface area contributed by atoms with Crippen LogP contribution < -0.4 is 10.6 Å². The molecule has 0 aliphatic heterocycles. The van der Waals surface area contributed by atoms with Gasteiger partial charge in [-0.15, -0.1) is 0 Å². The third-order valence-electron chi connectivity index (χ3n) is 4.72. The first-order valence-corrected chi connectivity index (χ1v) is 9.80. The van der Waals surface area contributed by atoms with Crippen molar-refractivity contribution in [3.05, 3.63) is 95.6 Å². The van der Waals surface area contributed by atoms with Gasteiger partial charge >= 0.3 is 0 Å². The van der Waals surface area contributed by atoms with Crippen molar-refractivity contribution in [1.82, 2.24) is 10.6 Å². The molecular weight excluding hydrogens is 360 g/mol. The van der Waals surface area contributed by atoms with Crippen LogP contribution in [0.1, 0.15) is 35.3 Å². The van der Waals surface area contributed by atoms with Gasteiger partial charge in [0.25, 0.3) is 5.91 Å². The molecule has 3 rings (SSSR count). The molecular formula is C25H26N2O2. The second-order valence-corrected chi connectivity index (χ2v) is 7.25. The van der Waals surface area contributed by atoms with Crippen molar-refractivity contribution < 1.29 is 9.59 Å². The summed E-state index contributed by atoms with van der Waals surface area (Å²) >= 11 is 0. The van der Waals surface area contributed by atoms with Crippen molar-refractivity contribution in [3.8, 4) is 11.1 Å². The summed E-state index contributed by atoms with van der Waals surface area (Å²) in [7, 11) is 0. The Morgan fingerprint density at radius 1 is 0.793 bits per heavy atom. The summed E-state index contributed by atoms with van der Waals surface area (Å²) in [5, 5.41) is 5.84. The Morgan fingerprint density at radius 2 is 1.38 bits per heavy atom. The lowest BCUT2D eigenvalue weighted by molar-refractivity contribution is -0.119. The zero-order chi connectivity index (χ0) is 20.6. The standard InChI is InChI=1S/C25H26N2O2/c1-18(27-19(2)28)16-20-8-10-22(11-9-20)23-12-14-24(15-13-23)25(29)26-17-21-6-4-3-5-7-21/h3-15,18H,16-17H2,1-2H3,(H,26,29)(H,27,28). The fourth-order valence-corrected chi connectivity index (χ4v) is 3.28. The summed E-state index contributed by atoms with van der Waals surface area (Å²) in [4.78, 5) is 23.5. The molecule has 29 heavy (non-hydrogen) atoms. The first-order chi connectivity index (χ1) is 14.0. The van der Waals surface area contributed by atoms with Gasteiger partial charge in [-0.1, -0.05) is 66.7 Å². The summed E-state index contributed by atoms with van der Waals surface area (Å²) in [6.45, 7) is 4.04. The zero-order valence-electron chi connectivity index (χ0n) is 16.8. The van der Waals surface area contributed by atoms with E-state index in [1.807, 2.05) is 61.5 Å². The molecule has 0 aromatic heterocycles. The number of nitrogens with one attached hydrogen (secondary N) is 2. The zero-order valence-corrected chi connectivity index (χ0v) is 16.8. The number of carbonyl (C=O) groups is 2. The molecule has 0 aliphatic carbocycles. The third-order valence-corrected chi connectivity index (χ3v) is 4.72. The lowest BCUT2D eigenvalue weighted by atomic mass is 10.00. The minimum Gasteiger partial charge on any atom is -0.354 e. The largest absolute Gasteiger partial charge is 0.354 e. The van der Waals surface area contributed by atoms with E-state index in [4.69, 9.17) is 0 Å². The maximum absolute atomic E-state index is 12.3. The molecule has 4 heteroatoms. The molecule has 148 valence electrons. The average Bonchev–Trinajstić information content (AvgIpc) is 2.73. The van der Waals surface area contributed by atoms with Gasteiger partial charge in [0.1, 0.15) is 0 Å². The Bertz CT molecular complexity index is 948. The van der Waals surface area contributed by atoms with Gasteiger partial charge in [0.2, 0.25) is 5.91 Å². The lowest BCUT2D eigenvalue weighted by Crippen LogP contribution is -2.31. The van der Waals surface area contributed by atoms with Gasteiger partial charge in [-0.3, -0.25) is 9.59 Å². The summed E-state index contributed by atoms with van der Waals surface area (Å²) < 4.78 is 0. The highest BCUT2D eigenvalue weighted by Gasteiger charge is 2.07. The number of rotatable bonds is 7. The highest BCUT2D eigenvalue weighted by Crippen LogP contribution is 2.21. The highest BCUT2D eigenvalue weighted by molar-refractivity contribution is 5.94. The molecule has 1 unspecified atom stereocenters. The van der Waals surface area contributed by atoms with Gasteiger partial charge in [-0.05, 0) is 47.7 Å². The van der Waals surface area contributed by atoms with Crippen LogP contribution in [0.25, 0.3) is 11.1 Å². The molecule has 0 saturated carbocycles. The van der Waals surface area contributed by atoms with Gasteiger partial charge < -0.3 is 10.6 Å². The highest BCUT2D eigenvalue weighted by atomic mass is 16.2. The van der Waals surface area contributed by atoms with E-state index in [0.717, 1.165) is 23.1 Å². The molecule has 0 bridgehead atoms. The second-order valence-electron chi connectivity index (χ2n) is 7.25. The van der Waals surface area contributed by atoms with E-state index in [9.17, 15) is 9.59 Å². The minimum absolute atomic E-state index is 0.0120. The number of hydrogen-bond donors (Lipinski definition) is 2. The average molecular weight is 386 g/mol. The van der Waals surface area contributed by atoms with Crippen LogP contribution >= 0.6 is 0 Å². The van der Waals surface area contributed by atoms with E-state index in [0.29, 0.717) is 12.1 Å². The van der Waals surface area contributed by atoms with Gasteiger partial charge in [0.15, 0.2) is 0 Å². The van der Waals surface area contributed by atoms with Crippen LogP contribution in [-0.4, -0.2) is 17.9 Å². The molecule has 2 N–H and O–H groups in total. The minimum atomic E-state index is -0.0808. The molecule has 0 aliphatic rings. The van der Waals surface area contributed by atoms with Gasteiger partial charge in [0.05, 0.1) is 0 Å². The maximum atomic E-state index is 12.3. The first kappa shape index (κ1) is 20.3. The molecule has 3 aromatic rings. The molecule has 2 amide bonds. The van der Waals surface area contributed by atoms with Crippen molar-refractivity contribution in [2.24, 2.45) is 0 Å². The molecule has 3 aromatic carbocycles. The number of carbonyl (C=O) groups excluding carboxylic acids is 2. The summed E-state index contributed by atoms with van der Waals surface area (Å²) in [6, 6.07) is 25.9. The summed E-state index contributed by atoms with van der Waals surface area (Å²) in [5.74, 6) is -0.0928. The number of amides is 2. The molecule has 0 spiro atoms. The number of benzene rings is 3. The van der Waals surface area contributed by atoms with Crippen molar-refractivity contribution >= 4 is 11.8 Å². The maximum Gasteiger partial charge on any atom is 0.251 e. The molecule has 0 saturated heterocycles. The van der Waals surface area contributed by atoms with Crippen molar-refractivity contribution in [3.63, 3.8) is 0 Å². The topological polar surface area (TPSA) is 58.2 Å². The fourth-order valence-electron chi connectivity index (χ4n) is 3.28. The van der Waals surface area contributed by atoms with Crippen LogP contribution in [0.15, 0.2) is 78.9 Å². The lowest BCUT2D eigenvalue weighted by Gasteiger charge is -2.13. The van der Waals surface area contributed by atoms with Crippen LogP contribution in [0.2, 0.25) is 0 Å². The predicted molar refractivity (Wildman–Crippen MR) is 116 cm³/mol.